The molecule has 0 atom stereocenters. The molecule has 0 fully saturated rings. The maximum absolute atomic E-state index is 9.42. The second-order valence-corrected chi connectivity index (χ2v) is 6.02. The van der Waals surface area contributed by atoms with Crippen LogP contribution >= 0.6 is 11.8 Å². The van der Waals surface area contributed by atoms with Gasteiger partial charge in [-0.1, -0.05) is 36.0 Å². The van der Waals surface area contributed by atoms with Crippen molar-refractivity contribution in [1.29, 1.82) is 0 Å². The fourth-order valence-electron chi connectivity index (χ4n) is 2.38. The molecule has 0 unspecified atom stereocenters. The van der Waals surface area contributed by atoms with E-state index in [1.54, 1.807) is 0 Å². The SMILES string of the molecule is Cc1c(CO)cc(CSc2nc3ccccc3o2)cc1CO. The molecule has 0 saturated heterocycles. The first kappa shape index (κ1) is 15.1. The van der Waals surface area contributed by atoms with E-state index in [1.165, 1.54) is 11.8 Å². The van der Waals surface area contributed by atoms with Crippen molar-refractivity contribution in [3.8, 4) is 0 Å². The molecule has 1 heterocycles. The van der Waals surface area contributed by atoms with Crippen LogP contribution in [0.25, 0.3) is 11.1 Å². The summed E-state index contributed by atoms with van der Waals surface area (Å²) in [4.78, 5) is 4.43. The first-order chi connectivity index (χ1) is 10.7. The smallest absolute Gasteiger partial charge is 0.257 e. The van der Waals surface area contributed by atoms with Crippen LogP contribution in [-0.2, 0) is 19.0 Å². The predicted octanol–water partition coefficient (Wildman–Crippen LogP) is 3.41. The van der Waals surface area contributed by atoms with Crippen molar-refractivity contribution < 1.29 is 14.6 Å². The van der Waals surface area contributed by atoms with E-state index >= 15 is 0 Å². The van der Waals surface area contributed by atoms with Crippen molar-refractivity contribution in [2.45, 2.75) is 31.1 Å². The van der Waals surface area contributed by atoms with Crippen molar-refractivity contribution in [3.05, 3.63) is 58.7 Å². The largest absolute Gasteiger partial charge is 0.431 e. The monoisotopic (exact) mass is 315 g/mol. The van der Waals surface area contributed by atoms with Gasteiger partial charge in [0.05, 0.1) is 13.2 Å². The average molecular weight is 315 g/mol. The lowest BCUT2D eigenvalue weighted by Crippen LogP contribution is -1.98. The molecule has 0 bridgehead atoms. The Kier molecular flexibility index (Phi) is 4.47. The Labute approximate surface area is 132 Å². The van der Waals surface area contributed by atoms with Gasteiger partial charge in [-0.3, -0.25) is 0 Å². The maximum atomic E-state index is 9.42. The zero-order valence-corrected chi connectivity index (χ0v) is 13.1. The molecule has 0 aliphatic carbocycles. The summed E-state index contributed by atoms with van der Waals surface area (Å²) in [6.07, 6.45) is 0. The van der Waals surface area contributed by atoms with Gasteiger partial charge in [0.15, 0.2) is 5.58 Å². The molecule has 2 aromatic carbocycles. The molecule has 0 radical (unpaired) electrons. The van der Waals surface area contributed by atoms with Gasteiger partial charge in [0.2, 0.25) is 0 Å². The molecule has 3 aromatic rings. The summed E-state index contributed by atoms with van der Waals surface area (Å²) in [5.41, 5.74) is 5.30. The number of para-hydroxylation sites is 2. The summed E-state index contributed by atoms with van der Waals surface area (Å²) >= 11 is 1.50. The van der Waals surface area contributed by atoms with Crippen LogP contribution < -0.4 is 0 Å². The van der Waals surface area contributed by atoms with Crippen LogP contribution in [0.5, 0.6) is 0 Å². The summed E-state index contributed by atoms with van der Waals surface area (Å²) in [6, 6.07) is 11.6. The summed E-state index contributed by atoms with van der Waals surface area (Å²) in [7, 11) is 0. The van der Waals surface area contributed by atoms with Crippen LogP contribution in [0.2, 0.25) is 0 Å². The number of hydrogen-bond acceptors (Lipinski definition) is 5. The number of fused-ring (bicyclic) bond motifs is 1. The van der Waals surface area contributed by atoms with Gasteiger partial charge >= 0.3 is 0 Å². The van der Waals surface area contributed by atoms with Gasteiger partial charge in [-0.15, -0.1) is 0 Å². The van der Waals surface area contributed by atoms with Crippen LogP contribution in [0.15, 0.2) is 46.0 Å². The second kappa shape index (κ2) is 6.52. The average Bonchev–Trinajstić information content (AvgIpc) is 2.96. The van der Waals surface area contributed by atoms with Crippen molar-refractivity contribution in [3.63, 3.8) is 0 Å². The number of aliphatic hydroxyl groups is 2. The first-order valence-electron chi connectivity index (χ1n) is 7.02. The van der Waals surface area contributed by atoms with Crippen LogP contribution in [0.3, 0.4) is 0 Å². The molecule has 0 saturated carbocycles. The number of aliphatic hydroxyl groups excluding tert-OH is 2. The van der Waals surface area contributed by atoms with E-state index < -0.39 is 0 Å². The highest BCUT2D eigenvalue weighted by molar-refractivity contribution is 7.98. The maximum Gasteiger partial charge on any atom is 0.257 e. The Bertz CT molecular complexity index is 739. The lowest BCUT2D eigenvalue weighted by Gasteiger charge is -2.11. The van der Waals surface area contributed by atoms with Crippen molar-refractivity contribution in [1.82, 2.24) is 4.98 Å². The molecular formula is C17H17NO3S. The second-order valence-electron chi connectivity index (χ2n) is 5.09. The van der Waals surface area contributed by atoms with Crippen LogP contribution in [0, 0.1) is 6.92 Å². The fraction of sp³-hybridized carbons (Fsp3) is 0.235. The minimum atomic E-state index is -0.0276. The number of benzene rings is 2. The van der Waals surface area contributed by atoms with E-state index in [4.69, 9.17) is 4.42 Å². The molecule has 2 N–H and O–H groups in total. The Morgan fingerprint density at radius 1 is 1.09 bits per heavy atom. The zero-order valence-electron chi connectivity index (χ0n) is 12.2. The molecule has 114 valence electrons. The zero-order chi connectivity index (χ0) is 15.5. The Morgan fingerprint density at radius 3 is 2.41 bits per heavy atom. The Hall–Kier alpha value is -1.82. The molecule has 5 heteroatoms. The third-order valence-electron chi connectivity index (χ3n) is 3.66. The van der Waals surface area contributed by atoms with E-state index in [2.05, 4.69) is 4.98 Å². The van der Waals surface area contributed by atoms with Gasteiger partial charge in [-0.2, -0.15) is 0 Å². The summed E-state index contributed by atoms with van der Waals surface area (Å²) < 4.78 is 5.68. The van der Waals surface area contributed by atoms with Crippen molar-refractivity contribution in [2.75, 3.05) is 0 Å². The van der Waals surface area contributed by atoms with E-state index in [0.717, 1.165) is 33.4 Å². The molecule has 3 rings (SSSR count). The highest BCUT2D eigenvalue weighted by atomic mass is 32.2. The van der Waals surface area contributed by atoms with E-state index in [0.29, 0.717) is 11.0 Å². The topological polar surface area (TPSA) is 66.5 Å². The highest BCUT2D eigenvalue weighted by Gasteiger charge is 2.09. The van der Waals surface area contributed by atoms with Gasteiger partial charge in [0.1, 0.15) is 5.52 Å². The Balaban J connectivity index is 1.81. The molecule has 4 nitrogen and oxygen atoms in total. The molecule has 22 heavy (non-hydrogen) atoms. The van der Waals surface area contributed by atoms with Crippen LogP contribution in [0.1, 0.15) is 22.3 Å². The minimum Gasteiger partial charge on any atom is -0.431 e. The molecule has 1 aromatic heterocycles. The van der Waals surface area contributed by atoms with E-state index in [-0.39, 0.29) is 13.2 Å². The number of oxazole rings is 1. The molecule has 0 amide bonds. The number of nitrogens with zero attached hydrogens (tertiary/aromatic N) is 1. The molecule has 0 aliphatic heterocycles. The lowest BCUT2D eigenvalue weighted by molar-refractivity contribution is 0.273. The van der Waals surface area contributed by atoms with Gasteiger partial charge in [0.25, 0.3) is 5.22 Å². The van der Waals surface area contributed by atoms with E-state index in [1.807, 2.05) is 43.3 Å². The van der Waals surface area contributed by atoms with Crippen molar-refractivity contribution in [2.24, 2.45) is 0 Å². The minimum absolute atomic E-state index is 0.0276. The van der Waals surface area contributed by atoms with Gasteiger partial charge < -0.3 is 14.6 Å². The molecule has 0 aliphatic rings. The third-order valence-corrected chi connectivity index (χ3v) is 4.56. The van der Waals surface area contributed by atoms with Crippen LogP contribution in [0.4, 0.5) is 0 Å². The lowest BCUT2D eigenvalue weighted by atomic mass is 10.00. The first-order valence-corrected chi connectivity index (χ1v) is 8.01. The quantitative estimate of drug-likeness (QED) is 0.706. The Morgan fingerprint density at radius 2 is 1.77 bits per heavy atom. The third kappa shape index (κ3) is 3.02. The predicted molar refractivity (Wildman–Crippen MR) is 86.6 cm³/mol. The van der Waals surface area contributed by atoms with Crippen LogP contribution in [-0.4, -0.2) is 15.2 Å². The summed E-state index contributed by atoms with van der Waals surface area (Å²) in [5, 5.41) is 19.5. The summed E-state index contributed by atoms with van der Waals surface area (Å²) in [6.45, 7) is 1.86. The van der Waals surface area contributed by atoms with Gasteiger partial charge in [-0.05, 0) is 41.3 Å². The standard InChI is InChI=1S/C17H17NO3S/c1-11-13(8-19)6-12(7-14(11)9-20)10-22-17-18-15-4-2-3-5-16(15)21-17/h2-7,19-20H,8-10H2,1H3. The number of hydrogen-bond donors (Lipinski definition) is 2. The number of aromatic nitrogens is 1. The van der Waals surface area contributed by atoms with Gasteiger partial charge in [-0.25, -0.2) is 4.98 Å². The van der Waals surface area contributed by atoms with Crippen molar-refractivity contribution >= 4 is 22.9 Å². The van der Waals surface area contributed by atoms with Gasteiger partial charge in [0, 0.05) is 5.75 Å². The summed E-state index contributed by atoms with van der Waals surface area (Å²) in [5.74, 6) is 0.674. The number of rotatable bonds is 5. The van der Waals surface area contributed by atoms with E-state index in [9.17, 15) is 10.2 Å². The normalized spacial score (nSPS) is 11.2. The fourth-order valence-corrected chi connectivity index (χ4v) is 3.15. The number of thioether (sulfide) groups is 1. The molecule has 0 spiro atoms. The molecular weight excluding hydrogens is 298 g/mol. The highest BCUT2D eigenvalue weighted by Crippen LogP contribution is 2.27.